The van der Waals surface area contributed by atoms with Gasteiger partial charge in [0.25, 0.3) is 0 Å². The summed E-state index contributed by atoms with van der Waals surface area (Å²) in [6.45, 7) is 5.15. The van der Waals surface area contributed by atoms with Gasteiger partial charge < -0.3 is 29.9 Å². The van der Waals surface area contributed by atoms with E-state index in [1.165, 1.54) is 23.3 Å². The maximum Gasteiger partial charge on any atom is 0.203 e. The second kappa shape index (κ2) is 19.6. The van der Waals surface area contributed by atoms with Crippen molar-refractivity contribution in [3.8, 4) is 11.5 Å². The van der Waals surface area contributed by atoms with Crippen molar-refractivity contribution in [2.24, 2.45) is 0 Å². The summed E-state index contributed by atoms with van der Waals surface area (Å²) in [6.07, 6.45) is 11.4. The van der Waals surface area contributed by atoms with Crippen molar-refractivity contribution in [3.05, 3.63) is 83.2 Å². The highest BCUT2D eigenvalue weighted by atomic mass is 16.5. The molecule has 2 aromatic carbocycles. The summed E-state index contributed by atoms with van der Waals surface area (Å²) in [5.41, 5.74) is 3.19. The number of allylic oxidation sites excluding steroid dienone is 2. The lowest BCUT2D eigenvalue weighted by Crippen LogP contribution is -2.30. The molecule has 0 radical (unpaired) electrons. The van der Waals surface area contributed by atoms with Gasteiger partial charge in [-0.25, -0.2) is 0 Å². The Balaban J connectivity index is 1.20. The minimum atomic E-state index is -0.136. The first-order valence-corrected chi connectivity index (χ1v) is 16.0. The van der Waals surface area contributed by atoms with Gasteiger partial charge >= 0.3 is 0 Å². The van der Waals surface area contributed by atoms with Crippen molar-refractivity contribution >= 4 is 11.6 Å². The summed E-state index contributed by atoms with van der Waals surface area (Å²) >= 11 is 0. The van der Waals surface area contributed by atoms with Gasteiger partial charge in [-0.3, -0.25) is 9.59 Å². The largest absolute Gasteiger partial charge is 0.496 e. The zero-order valence-electron chi connectivity index (χ0n) is 27.2. The molecule has 0 unspecified atom stereocenters. The van der Waals surface area contributed by atoms with Crippen molar-refractivity contribution in [1.82, 2.24) is 20.4 Å². The van der Waals surface area contributed by atoms with Crippen LogP contribution in [0.1, 0.15) is 62.5 Å². The summed E-state index contributed by atoms with van der Waals surface area (Å²) in [4.78, 5) is 29.8. The fourth-order valence-corrected chi connectivity index (χ4v) is 5.41. The van der Waals surface area contributed by atoms with Gasteiger partial charge in [0.15, 0.2) is 0 Å². The molecule has 8 heteroatoms. The monoisotopic (exact) mass is 604 g/mol. The third-order valence-corrected chi connectivity index (χ3v) is 7.91. The molecule has 240 valence electrons. The number of ether oxygens (including phenoxy) is 2. The van der Waals surface area contributed by atoms with E-state index in [-0.39, 0.29) is 11.6 Å². The molecular formula is C36H52N4O4. The first-order valence-electron chi connectivity index (χ1n) is 16.0. The predicted molar refractivity (Wildman–Crippen MR) is 178 cm³/mol. The Morgan fingerprint density at radius 2 is 0.955 bits per heavy atom. The molecule has 0 amide bonds. The Hall–Kier alpha value is -3.62. The molecule has 3 rings (SSSR count). The lowest BCUT2D eigenvalue weighted by atomic mass is 10.1. The van der Waals surface area contributed by atoms with Crippen LogP contribution in [0.3, 0.4) is 0 Å². The Bertz CT molecular complexity index is 1150. The van der Waals surface area contributed by atoms with Crippen LogP contribution in [-0.2, 0) is 22.7 Å². The van der Waals surface area contributed by atoms with Gasteiger partial charge in [0.1, 0.15) is 11.5 Å². The molecule has 1 aliphatic rings. The van der Waals surface area contributed by atoms with Crippen LogP contribution in [0.25, 0.3) is 0 Å². The molecule has 0 spiro atoms. The summed E-state index contributed by atoms with van der Waals surface area (Å²) in [7, 11) is 7.69. The molecule has 0 aliphatic heterocycles. The van der Waals surface area contributed by atoms with Crippen molar-refractivity contribution in [2.45, 2.75) is 64.5 Å². The summed E-state index contributed by atoms with van der Waals surface area (Å²) in [5.74, 6) is 1.59. The second-order valence-corrected chi connectivity index (χ2v) is 11.6. The third-order valence-electron chi connectivity index (χ3n) is 7.91. The minimum absolute atomic E-state index is 0.136. The Morgan fingerprint density at radius 1 is 0.568 bits per heavy atom. The Labute approximate surface area is 264 Å². The predicted octanol–water partition coefficient (Wildman–Crippen LogP) is 5.49. The molecular weight excluding hydrogens is 552 g/mol. The van der Waals surface area contributed by atoms with E-state index in [4.69, 9.17) is 9.47 Å². The first kappa shape index (κ1) is 34.9. The van der Waals surface area contributed by atoms with Gasteiger partial charge in [0.2, 0.25) is 11.6 Å². The van der Waals surface area contributed by atoms with Crippen LogP contribution in [-0.4, -0.2) is 75.9 Å². The first-order chi connectivity index (χ1) is 21.4. The number of hydrogen-bond donors (Lipinski definition) is 2. The molecule has 0 aromatic heterocycles. The van der Waals surface area contributed by atoms with Gasteiger partial charge in [0, 0.05) is 49.5 Å². The Kier molecular flexibility index (Phi) is 15.5. The number of nitrogens with zero attached hydrogens (tertiary/aromatic N) is 2. The van der Waals surface area contributed by atoms with Crippen LogP contribution in [0.5, 0.6) is 11.5 Å². The maximum atomic E-state index is 12.6. The van der Waals surface area contributed by atoms with Crippen LogP contribution in [0.2, 0.25) is 0 Å². The molecule has 0 atom stereocenters. The number of hydrogen-bond acceptors (Lipinski definition) is 8. The molecule has 2 N–H and O–H groups in total. The van der Waals surface area contributed by atoms with Gasteiger partial charge in [0.05, 0.1) is 25.6 Å². The van der Waals surface area contributed by atoms with E-state index in [9.17, 15) is 9.59 Å². The minimum Gasteiger partial charge on any atom is -0.496 e. The standard InChI is InChI=1S/C36H52N4O4/c1-39(27-29-17-9-11-19-35(29)43-3)23-15-7-5-13-21-37-31-25-34(42)32(26-33(31)41)38-22-14-6-8-16-24-40(2)28-30-18-10-12-20-36(30)44-4/h9-12,17-20,25-26,37-38H,5-8,13-16,21-24,27-28H2,1-4H3. The average Bonchev–Trinajstić information content (AvgIpc) is 3.02. The number of methoxy groups -OCH3 is 2. The van der Waals surface area contributed by atoms with Crippen molar-refractivity contribution in [3.63, 3.8) is 0 Å². The molecule has 0 bridgehead atoms. The van der Waals surface area contributed by atoms with E-state index >= 15 is 0 Å². The van der Waals surface area contributed by atoms with E-state index in [0.29, 0.717) is 24.5 Å². The van der Waals surface area contributed by atoms with Gasteiger partial charge in [-0.1, -0.05) is 62.1 Å². The number of nitrogens with one attached hydrogen (secondary N) is 2. The lowest BCUT2D eigenvalue weighted by Gasteiger charge is -2.18. The molecule has 0 heterocycles. The zero-order valence-corrected chi connectivity index (χ0v) is 27.2. The van der Waals surface area contributed by atoms with E-state index < -0.39 is 0 Å². The number of carbonyl (C=O) groups excluding carboxylic acids is 2. The number of rotatable bonds is 22. The van der Waals surface area contributed by atoms with E-state index in [2.05, 4.69) is 46.7 Å². The van der Waals surface area contributed by atoms with Gasteiger partial charge in [-0.05, 0) is 65.0 Å². The third kappa shape index (κ3) is 12.2. The van der Waals surface area contributed by atoms with Crippen LogP contribution >= 0.6 is 0 Å². The normalized spacial score (nSPS) is 13.2. The highest BCUT2D eigenvalue weighted by Gasteiger charge is 2.19. The number of para-hydroxylation sites is 2. The average molecular weight is 605 g/mol. The summed E-state index contributed by atoms with van der Waals surface area (Å²) < 4.78 is 10.9. The topological polar surface area (TPSA) is 83.1 Å². The molecule has 0 fully saturated rings. The molecule has 1 aliphatic carbocycles. The quantitative estimate of drug-likeness (QED) is 0.135. The molecule has 44 heavy (non-hydrogen) atoms. The maximum absolute atomic E-state index is 12.6. The number of benzene rings is 2. The SMILES string of the molecule is COc1ccccc1CN(C)CCCCCCNC1=CC(=O)C(NCCCCCCN(C)Cc2ccccc2OC)=CC1=O. The highest BCUT2D eigenvalue weighted by Crippen LogP contribution is 2.20. The van der Waals surface area contributed by atoms with Gasteiger partial charge in [-0.15, -0.1) is 0 Å². The summed E-state index contributed by atoms with van der Waals surface area (Å²) in [6, 6.07) is 16.3. The molecule has 8 nitrogen and oxygen atoms in total. The second-order valence-electron chi connectivity index (χ2n) is 11.6. The van der Waals surface area contributed by atoms with E-state index in [1.807, 2.05) is 36.4 Å². The van der Waals surface area contributed by atoms with Crippen LogP contribution in [0, 0.1) is 0 Å². The van der Waals surface area contributed by atoms with Crippen molar-refractivity contribution in [2.75, 3.05) is 54.5 Å². The smallest absolute Gasteiger partial charge is 0.203 e. The molecule has 0 saturated carbocycles. The number of ketones is 2. The fraction of sp³-hybridized carbons (Fsp3) is 0.500. The van der Waals surface area contributed by atoms with Crippen molar-refractivity contribution < 1.29 is 19.1 Å². The van der Waals surface area contributed by atoms with E-state index in [1.54, 1.807) is 14.2 Å². The molecule has 2 aromatic rings. The van der Waals surface area contributed by atoms with Crippen LogP contribution < -0.4 is 20.1 Å². The highest BCUT2D eigenvalue weighted by molar-refractivity contribution is 6.19. The fourth-order valence-electron chi connectivity index (χ4n) is 5.41. The zero-order chi connectivity index (χ0) is 31.6. The Morgan fingerprint density at radius 3 is 1.36 bits per heavy atom. The van der Waals surface area contributed by atoms with Crippen molar-refractivity contribution in [1.29, 1.82) is 0 Å². The lowest BCUT2D eigenvalue weighted by molar-refractivity contribution is -0.115. The number of unbranched alkanes of at least 4 members (excludes halogenated alkanes) is 6. The summed E-state index contributed by atoms with van der Waals surface area (Å²) in [5, 5.41) is 6.34. The van der Waals surface area contributed by atoms with Crippen LogP contribution in [0.15, 0.2) is 72.1 Å². The van der Waals surface area contributed by atoms with Gasteiger partial charge in [-0.2, -0.15) is 0 Å². The van der Waals surface area contributed by atoms with E-state index in [0.717, 1.165) is 89.0 Å². The van der Waals surface area contributed by atoms with Crippen LogP contribution in [0.4, 0.5) is 0 Å². The number of carbonyl (C=O) groups is 2. The molecule has 0 saturated heterocycles.